The molecule has 1 aromatic rings. The second-order valence-corrected chi connectivity index (χ2v) is 12.2. The molecule has 0 fully saturated rings. The van der Waals surface area contributed by atoms with Crippen LogP contribution in [0.4, 0.5) is 0 Å². The number of aryl methyl sites for hydroxylation is 1. The molecule has 0 saturated heterocycles. The van der Waals surface area contributed by atoms with Gasteiger partial charge in [-0.1, -0.05) is 57.1 Å². The Bertz CT molecular complexity index is 469. The summed E-state index contributed by atoms with van der Waals surface area (Å²) in [5.41, 5.74) is 5.68. The van der Waals surface area contributed by atoms with Crippen LogP contribution < -0.4 is 5.19 Å². The van der Waals surface area contributed by atoms with E-state index < -0.39 is 8.07 Å². The molecular weight excluding hydrogens is 220 g/mol. The number of hydrogen-bond acceptors (Lipinski definition) is 0. The average molecular weight is 244 g/mol. The van der Waals surface area contributed by atoms with Gasteiger partial charge in [0.2, 0.25) is 0 Å². The Hall–Kier alpha value is -0.563. The first-order chi connectivity index (χ1) is 7.66. The summed E-state index contributed by atoms with van der Waals surface area (Å²) in [5.74, 6) is 0. The molecule has 0 N–H and O–H groups in total. The molecule has 0 atom stereocenters. The molecule has 3 rings (SSSR count). The minimum Gasteiger partial charge on any atom is -0.0652 e. The summed E-state index contributed by atoms with van der Waals surface area (Å²) in [7, 11) is -1.18. The third kappa shape index (κ3) is 1.35. The Morgan fingerprint density at radius 2 is 1.35 bits per heavy atom. The van der Waals surface area contributed by atoms with Gasteiger partial charge in [-0.2, -0.15) is 0 Å². The molecule has 2 aliphatic heterocycles. The maximum atomic E-state index is 2.62. The van der Waals surface area contributed by atoms with Gasteiger partial charge in [-0.3, -0.25) is 0 Å². The highest BCUT2D eigenvalue weighted by Crippen LogP contribution is 2.51. The van der Waals surface area contributed by atoms with Crippen LogP contribution in [0.1, 0.15) is 44.4 Å². The zero-order valence-corrected chi connectivity index (χ0v) is 13.1. The van der Waals surface area contributed by atoms with Crippen molar-refractivity contribution in [2.75, 3.05) is 0 Å². The first-order valence-corrected chi connectivity index (χ1v) is 9.73. The van der Waals surface area contributed by atoms with Crippen molar-refractivity contribution in [3.05, 3.63) is 28.8 Å². The summed E-state index contributed by atoms with van der Waals surface area (Å²) in [4.78, 5) is 0. The minimum atomic E-state index is -1.18. The van der Waals surface area contributed by atoms with E-state index in [-0.39, 0.29) is 0 Å². The van der Waals surface area contributed by atoms with Crippen LogP contribution in [0.25, 0.3) is 0 Å². The lowest BCUT2D eigenvalue weighted by atomic mass is 9.80. The molecule has 2 aliphatic rings. The highest BCUT2D eigenvalue weighted by Gasteiger charge is 2.55. The largest absolute Gasteiger partial charge is 0.0861 e. The fourth-order valence-electron chi connectivity index (χ4n) is 4.88. The predicted octanol–water partition coefficient (Wildman–Crippen LogP) is 3.86. The van der Waals surface area contributed by atoms with E-state index in [0.717, 1.165) is 0 Å². The first kappa shape index (κ1) is 11.5. The van der Waals surface area contributed by atoms with Gasteiger partial charge in [-0.05, 0) is 41.0 Å². The van der Waals surface area contributed by atoms with Crippen LogP contribution in [0, 0.1) is 6.92 Å². The van der Waals surface area contributed by atoms with Gasteiger partial charge in [0.15, 0.2) is 0 Å². The third-order valence-corrected chi connectivity index (χ3v) is 10.1. The van der Waals surface area contributed by atoms with Gasteiger partial charge in [0.25, 0.3) is 0 Å². The monoisotopic (exact) mass is 244 g/mol. The lowest BCUT2D eigenvalue weighted by Crippen LogP contribution is -2.38. The summed E-state index contributed by atoms with van der Waals surface area (Å²) < 4.78 is 0. The van der Waals surface area contributed by atoms with Crippen molar-refractivity contribution in [1.82, 2.24) is 0 Å². The van der Waals surface area contributed by atoms with E-state index in [1.165, 1.54) is 17.7 Å². The van der Waals surface area contributed by atoms with Crippen molar-refractivity contribution >= 4 is 13.3 Å². The summed E-state index contributed by atoms with van der Waals surface area (Å²) in [6.45, 7) is 14.7. The van der Waals surface area contributed by atoms with Crippen LogP contribution in [-0.4, -0.2) is 8.07 Å². The van der Waals surface area contributed by atoms with Crippen LogP contribution in [0.5, 0.6) is 0 Å². The Balaban J connectivity index is 2.38. The van der Waals surface area contributed by atoms with Gasteiger partial charge in [-0.15, -0.1) is 0 Å². The summed E-state index contributed by atoms with van der Waals surface area (Å²) in [6.07, 6.45) is 0. The highest BCUT2D eigenvalue weighted by atomic mass is 28.3. The summed E-state index contributed by atoms with van der Waals surface area (Å²) in [5, 5.41) is 1.83. The molecule has 0 bridgehead atoms. The Labute approximate surface area is 106 Å². The molecule has 17 heavy (non-hydrogen) atoms. The molecular formula is C16H24Si. The van der Waals surface area contributed by atoms with Gasteiger partial charge < -0.3 is 0 Å². The zero-order valence-electron chi connectivity index (χ0n) is 12.1. The second-order valence-electron chi connectivity index (χ2n) is 7.92. The molecule has 0 nitrogen and oxygen atoms in total. The third-order valence-electron chi connectivity index (χ3n) is 5.01. The van der Waals surface area contributed by atoms with E-state index in [0.29, 0.717) is 10.8 Å². The second kappa shape index (κ2) is 2.88. The number of rotatable bonds is 0. The average Bonchev–Trinajstić information content (AvgIpc) is 2.42. The Morgan fingerprint density at radius 3 is 1.76 bits per heavy atom. The predicted molar refractivity (Wildman–Crippen MR) is 78.1 cm³/mol. The fourth-order valence-corrected chi connectivity index (χ4v) is 11.8. The van der Waals surface area contributed by atoms with Crippen molar-refractivity contribution in [2.24, 2.45) is 0 Å². The highest BCUT2D eigenvalue weighted by molar-refractivity contribution is 6.94. The molecule has 2 heterocycles. The quantitative estimate of drug-likeness (QED) is 0.608. The molecule has 0 amide bonds. The Morgan fingerprint density at radius 1 is 0.941 bits per heavy atom. The van der Waals surface area contributed by atoms with Gasteiger partial charge >= 0.3 is 0 Å². The standard InChI is InChI=1S/C16H24Si/c1-11-7-12-14-13(8-11)16(4,5)10-17(14,6)9-15(12,2)3/h7-8H,9-10H2,1-6H3. The molecule has 0 spiro atoms. The van der Waals surface area contributed by atoms with E-state index >= 15 is 0 Å². The van der Waals surface area contributed by atoms with E-state index in [4.69, 9.17) is 0 Å². The van der Waals surface area contributed by atoms with Gasteiger partial charge in [-0.25, -0.2) is 0 Å². The van der Waals surface area contributed by atoms with Crippen molar-refractivity contribution in [3.63, 3.8) is 0 Å². The topological polar surface area (TPSA) is 0 Å². The van der Waals surface area contributed by atoms with Gasteiger partial charge in [0.1, 0.15) is 0 Å². The smallest absolute Gasteiger partial charge is 0.0652 e. The van der Waals surface area contributed by atoms with Crippen molar-refractivity contribution in [3.8, 4) is 0 Å². The van der Waals surface area contributed by atoms with E-state index in [9.17, 15) is 0 Å². The fraction of sp³-hybridized carbons (Fsp3) is 0.625. The SMILES string of the molecule is Cc1cc2c3c(c1)C(C)(C)C[Si]3(C)CC2(C)C. The normalized spacial score (nSPS) is 26.0. The Kier molecular flexibility index (Phi) is 1.95. The van der Waals surface area contributed by atoms with Crippen LogP contribution in [0.15, 0.2) is 12.1 Å². The zero-order chi connectivity index (χ0) is 12.6. The van der Waals surface area contributed by atoms with Crippen LogP contribution in [0.3, 0.4) is 0 Å². The van der Waals surface area contributed by atoms with E-state index in [2.05, 4.69) is 53.3 Å². The van der Waals surface area contributed by atoms with E-state index in [1.807, 2.05) is 5.19 Å². The van der Waals surface area contributed by atoms with Crippen LogP contribution >= 0.6 is 0 Å². The van der Waals surface area contributed by atoms with E-state index in [1.54, 1.807) is 11.1 Å². The first-order valence-electron chi connectivity index (χ1n) is 6.82. The molecule has 1 heteroatoms. The summed E-state index contributed by atoms with van der Waals surface area (Å²) >= 11 is 0. The van der Waals surface area contributed by atoms with Crippen LogP contribution in [-0.2, 0) is 10.8 Å². The molecule has 0 unspecified atom stereocenters. The lowest BCUT2D eigenvalue weighted by Gasteiger charge is -2.29. The van der Waals surface area contributed by atoms with Crippen molar-refractivity contribution in [1.29, 1.82) is 0 Å². The van der Waals surface area contributed by atoms with Crippen molar-refractivity contribution < 1.29 is 0 Å². The van der Waals surface area contributed by atoms with Gasteiger partial charge in [0, 0.05) is 0 Å². The summed E-state index contributed by atoms with van der Waals surface area (Å²) in [6, 6.07) is 7.85. The molecule has 92 valence electrons. The number of benzene rings is 1. The molecule has 0 aromatic heterocycles. The lowest BCUT2D eigenvalue weighted by molar-refractivity contribution is 0.562. The van der Waals surface area contributed by atoms with Crippen molar-refractivity contribution in [2.45, 2.75) is 64.1 Å². The van der Waals surface area contributed by atoms with Gasteiger partial charge in [0.05, 0.1) is 8.07 Å². The maximum Gasteiger partial charge on any atom is 0.0861 e. The molecule has 0 saturated carbocycles. The molecule has 1 aromatic carbocycles. The number of hydrogen-bond donors (Lipinski definition) is 0. The maximum absolute atomic E-state index is 2.62. The minimum absolute atomic E-state index is 0.424. The van der Waals surface area contributed by atoms with Crippen LogP contribution in [0.2, 0.25) is 18.6 Å². The molecule has 0 aliphatic carbocycles. The molecule has 0 radical (unpaired) electrons.